The van der Waals surface area contributed by atoms with Crippen LogP contribution in [-0.2, 0) is 4.74 Å². The Bertz CT molecular complexity index is 370. The number of hydrogen-bond donors (Lipinski definition) is 1. The van der Waals surface area contributed by atoms with Gasteiger partial charge in [-0.25, -0.2) is 4.39 Å². The molecule has 0 aliphatic heterocycles. The molecule has 1 aromatic rings. The van der Waals surface area contributed by atoms with E-state index in [1.54, 1.807) is 0 Å². The van der Waals surface area contributed by atoms with Gasteiger partial charge in [0, 0.05) is 11.6 Å². The van der Waals surface area contributed by atoms with Crippen molar-refractivity contribution in [3.63, 3.8) is 0 Å². The van der Waals surface area contributed by atoms with Crippen LogP contribution in [0.1, 0.15) is 0 Å². The van der Waals surface area contributed by atoms with Crippen LogP contribution in [0.2, 0.25) is 5.02 Å². The van der Waals surface area contributed by atoms with Crippen molar-refractivity contribution in [1.29, 1.82) is 0 Å². The molecule has 2 nitrogen and oxygen atoms in total. The molecule has 1 aromatic carbocycles. The Morgan fingerprint density at radius 2 is 2.00 bits per heavy atom. The van der Waals surface area contributed by atoms with E-state index in [4.69, 9.17) is 11.6 Å². The van der Waals surface area contributed by atoms with Crippen molar-refractivity contribution in [2.45, 2.75) is 6.18 Å². The van der Waals surface area contributed by atoms with E-state index >= 15 is 0 Å². The van der Waals surface area contributed by atoms with Gasteiger partial charge in [0.15, 0.2) is 0 Å². The minimum Gasteiger partial charge on any atom is -0.380 e. The average Bonchev–Trinajstić information content (AvgIpc) is 2.18. The third kappa shape index (κ3) is 5.74. The van der Waals surface area contributed by atoms with Crippen molar-refractivity contribution >= 4 is 17.3 Å². The lowest BCUT2D eigenvalue weighted by atomic mass is 10.3. The third-order valence-electron chi connectivity index (χ3n) is 1.76. The number of anilines is 1. The molecule has 96 valence electrons. The van der Waals surface area contributed by atoms with Crippen LogP contribution in [0.4, 0.5) is 23.2 Å². The summed E-state index contributed by atoms with van der Waals surface area (Å²) in [5.74, 6) is -0.562. The molecule has 0 bridgehead atoms. The van der Waals surface area contributed by atoms with Crippen molar-refractivity contribution in [2.75, 3.05) is 25.1 Å². The maximum atomic E-state index is 13.2. The van der Waals surface area contributed by atoms with Crippen LogP contribution in [0.15, 0.2) is 18.2 Å². The molecule has 0 radical (unpaired) electrons. The zero-order valence-electron chi connectivity index (χ0n) is 8.65. The van der Waals surface area contributed by atoms with E-state index in [0.717, 1.165) is 6.07 Å². The van der Waals surface area contributed by atoms with Gasteiger partial charge in [0.25, 0.3) is 0 Å². The van der Waals surface area contributed by atoms with Crippen molar-refractivity contribution in [3.8, 4) is 0 Å². The Morgan fingerprint density at radius 3 is 2.59 bits per heavy atom. The molecule has 7 heteroatoms. The van der Waals surface area contributed by atoms with Gasteiger partial charge in [0.05, 0.1) is 12.3 Å². The molecule has 1 N–H and O–H groups in total. The standard InChI is InChI=1S/C10H10ClF4NO/c11-7-1-2-9(8(12)5-7)16-3-4-17-6-10(13,14)15/h1-2,5,16H,3-4,6H2. The lowest BCUT2D eigenvalue weighted by molar-refractivity contribution is -0.172. The highest BCUT2D eigenvalue weighted by atomic mass is 35.5. The van der Waals surface area contributed by atoms with Crippen molar-refractivity contribution in [2.24, 2.45) is 0 Å². The Morgan fingerprint density at radius 1 is 1.29 bits per heavy atom. The summed E-state index contributed by atoms with van der Waals surface area (Å²) in [6.07, 6.45) is -4.34. The Labute approximate surface area is 101 Å². The van der Waals surface area contributed by atoms with E-state index in [-0.39, 0.29) is 23.9 Å². The Balaban J connectivity index is 2.27. The van der Waals surface area contributed by atoms with Crippen molar-refractivity contribution < 1.29 is 22.3 Å². The molecule has 0 atom stereocenters. The van der Waals surface area contributed by atoms with E-state index < -0.39 is 18.6 Å². The third-order valence-corrected chi connectivity index (χ3v) is 1.99. The average molecular weight is 272 g/mol. The molecule has 0 aliphatic rings. The Kier molecular flexibility index (Phi) is 5.02. The molecule has 0 amide bonds. The normalized spacial score (nSPS) is 11.6. The van der Waals surface area contributed by atoms with E-state index in [0.29, 0.717) is 0 Å². The fourth-order valence-electron chi connectivity index (χ4n) is 1.08. The second-order valence-electron chi connectivity index (χ2n) is 3.22. The molecule has 0 saturated carbocycles. The van der Waals surface area contributed by atoms with Gasteiger partial charge in [0.1, 0.15) is 12.4 Å². The second-order valence-corrected chi connectivity index (χ2v) is 3.66. The lowest BCUT2D eigenvalue weighted by Crippen LogP contribution is -2.20. The summed E-state index contributed by atoms with van der Waals surface area (Å²) >= 11 is 5.53. The minimum absolute atomic E-state index is 0.0780. The van der Waals surface area contributed by atoms with Gasteiger partial charge in [-0.2, -0.15) is 13.2 Å². The van der Waals surface area contributed by atoms with Crippen LogP contribution in [0.5, 0.6) is 0 Å². The number of ether oxygens (including phenoxy) is 1. The van der Waals surface area contributed by atoms with Crippen molar-refractivity contribution in [3.05, 3.63) is 29.0 Å². The summed E-state index contributed by atoms with van der Waals surface area (Å²) < 4.78 is 52.6. The molecule has 0 aliphatic carbocycles. The van der Waals surface area contributed by atoms with Crippen LogP contribution in [0, 0.1) is 5.82 Å². The first-order valence-corrected chi connectivity index (χ1v) is 5.10. The summed E-state index contributed by atoms with van der Waals surface area (Å²) in [7, 11) is 0. The minimum atomic E-state index is -4.34. The van der Waals surface area contributed by atoms with Gasteiger partial charge in [-0.1, -0.05) is 11.6 Å². The topological polar surface area (TPSA) is 21.3 Å². The molecule has 0 saturated heterocycles. The van der Waals surface area contributed by atoms with E-state index in [1.807, 2.05) is 0 Å². The molecule has 1 rings (SSSR count). The number of alkyl halides is 3. The van der Waals surface area contributed by atoms with Gasteiger partial charge in [-0.05, 0) is 18.2 Å². The zero-order chi connectivity index (χ0) is 12.9. The smallest absolute Gasteiger partial charge is 0.380 e. The highest BCUT2D eigenvalue weighted by Gasteiger charge is 2.27. The maximum absolute atomic E-state index is 13.2. The first-order chi connectivity index (χ1) is 7.88. The summed E-state index contributed by atoms with van der Waals surface area (Å²) in [6, 6.07) is 3.99. The van der Waals surface area contributed by atoms with Crippen LogP contribution in [0.25, 0.3) is 0 Å². The maximum Gasteiger partial charge on any atom is 0.411 e. The quantitative estimate of drug-likeness (QED) is 0.654. The highest BCUT2D eigenvalue weighted by molar-refractivity contribution is 6.30. The number of nitrogens with one attached hydrogen (secondary N) is 1. The van der Waals surface area contributed by atoms with Gasteiger partial charge in [0.2, 0.25) is 0 Å². The van der Waals surface area contributed by atoms with E-state index in [2.05, 4.69) is 10.1 Å². The number of halogens is 5. The van der Waals surface area contributed by atoms with E-state index in [9.17, 15) is 17.6 Å². The number of hydrogen-bond acceptors (Lipinski definition) is 2. The van der Waals surface area contributed by atoms with Crippen LogP contribution in [0.3, 0.4) is 0 Å². The molecule has 0 aromatic heterocycles. The molecule has 0 spiro atoms. The predicted molar refractivity (Wildman–Crippen MR) is 56.8 cm³/mol. The molecular formula is C10H10ClF4NO. The van der Waals surface area contributed by atoms with Crippen molar-refractivity contribution in [1.82, 2.24) is 0 Å². The van der Waals surface area contributed by atoms with Crippen LogP contribution >= 0.6 is 11.6 Å². The molecule has 0 fully saturated rings. The van der Waals surface area contributed by atoms with Gasteiger partial charge < -0.3 is 10.1 Å². The summed E-state index contributed by atoms with van der Waals surface area (Å²) in [4.78, 5) is 0. The fraction of sp³-hybridized carbons (Fsp3) is 0.400. The summed E-state index contributed by atoms with van der Waals surface area (Å²) in [5.41, 5.74) is 0.171. The Hall–Kier alpha value is -1.01. The van der Waals surface area contributed by atoms with Gasteiger partial charge >= 0.3 is 6.18 Å². The number of rotatable bonds is 5. The first-order valence-electron chi connectivity index (χ1n) is 4.72. The summed E-state index contributed by atoms with van der Waals surface area (Å²) in [6.45, 7) is -1.39. The number of benzene rings is 1. The SMILES string of the molecule is Fc1cc(Cl)ccc1NCCOCC(F)(F)F. The predicted octanol–water partition coefficient (Wildman–Crippen LogP) is 3.47. The molecular weight excluding hydrogens is 262 g/mol. The van der Waals surface area contributed by atoms with Gasteiger partial charge in [-0.3, -0.25) is 0 Å². The van der Waals surface area contributed by atoms with Crippen LogP contribution < -0.4 is 5.32 Å². The van der Waals surface area contributed by atoms with E-state index in [1.165, 1.54) is 12.1 Å². The lowest BCUT2D eigenvalue weighted by Gasteiger charge is -2.09. The second kappa shape index (κ2) is 6.07. The fourth-order valence-corrected chi connectivity index (χ4v) is 1.24. The van der Waals surface area contributed by atoms with Gasteiger partial charge in [-0.15, -0.1) is 0 Å². The van der Waals surface area contributed by atoms with Crippen LogP contribution in [-0.4, -0.2) is 25.9 Å². The first kappa shape index (κ1) is 14.1. The zero-order valence-corrected chi connectivity index (χ0v) is 9.41. The monoisotopic (exact) mass is 271 g/mol. The molecule has 0 unspecified atom stereocenters. The largest absolute Gasteiger partial charge is 0.411 e. The summed E-state index contributed by atoms with van der Waals surface area (Å²) in [5, 5.41) is 2.85. The highest BCUT2D eigenvalue weighted by Crippen LogP contribution is 2.18. The molecule has 0 heterocycles. The molecule has 17 heavy (non-hydrogen) atoms.